The van der Waals surface area contributed by atoms with Gasteiger partial charge in [0.05, 0.1) is 31.1 Å². The van der Waals surface area contributed by atoms with Crippen LogP contribution in [0.1, 0.15) is 44.6 Å². The number of carbonyl (C=O) groups is 3. The van der Waals surface area contributed by atoms with Crippen molar-refractivity contribution in [1.29, 1.82) is 0 Å². The van der Waals surface area contributed by atoms with Gasteiger partial charge in [-0.25, -0.2) is 0 Å². The number of para-hydroxylation sites is 1. The first-order valence-electron chi connectivity index (χ1n) is 14.2. The number of amides is 3. The van der Waals surface area contributed by atoms with Gasteiger partial charge in [0.25, 0.3) is 0 Å². The summed E-state index contributed by atoms with van der Waals surface area (Å²) in [6, 6.07) is 13.5. The Bertz CT molecular complexity index is 1320. The predicted octanol–water partition coefficient (Wildman–Crippen LogP) is 4.48. The summed E-state index contributed by atoms with van der Waals surface area (Å²) >= 11 is 6.01. The molecule has 3 aliphatic heterocycles. The zero-order chi connectivity index (χ0) is 27.9. The number of rotatable bonds is 8. The average molecular weight is 564 g/mol. The number of hydrogen-bond acceptors (Lipinski definition) is 5. The molecule has 2 aromatic carbocycles. The van der Waals surface area contributed by atoms with Gasteiger partial charge in [-0.15, -0.1) is 0 Å². The van der Waals surface area contributed by atoms with Crippen LogP contribution in [-0.2, 0) is 25.7 Å². The normalized spacial score (nSPS) is 28.9. The first-order valence-corrected chi connectivity index (χ1v) is 14.5. The number of carbonyl (C=O) groups excluding carboxylic acids is 3. The van der Waals surface area contributed by atoms with Gasteiger partial charge in [0.1, 0.15) is 17.4 Å². The standard InChI is InChI=1S/C31H34ClN3O5/c1-2-39-23-11-7-6-8-19(23)18-35-27(29(37)34-21-9-4-3-5-10-21)31-17-16-24(40-31)25(26(31)30(35)38)28(36)33-22-14-12-20(32)13-15-22/h6-8,11-17,21,24-27H,2-5,9-10,18H2,1H3,(H,33,36)(H,34,37)/t24-,25-,26-,27-,31-/m0/s1. The molecule has 210 valence electrons. The largest absolute Gasteiger partial charge is 0.494 e. The summed E-state index contributed by atoms with van der Waals surface area (Å²) in [7, 11) is 0. The molecule has 1 aliphatic carbocycles. The van der Waals surface area contributed by atoms with Crippen LogP contribution >= 0.6 is 11.6 Å². The van der Waals surface area contributed by atoms with Crippen LogP contribution in [0.5, 0.6) is 5.75 Å². The summed E-state index contributed by atoms with van der Waals surface area (Å²) in [5.74, 6) is -1.75. The predicted molar refractivity (Wildman–Crippen MR) is 151 cm³/mol. The van der Waals surface area contributed by atoms with Gasteiger partial charge in [-0.05, 0) is 50.1 Å². The summed E-state index contributed by atoms with van der Waals surface area (Å²) in [6.45, 7) is 2.55. The van der Waals surface area contributed by atoms with Crippen LogP contribution in [0.4, 0.5) is 5.69 Å². The molecule has 3 amide bonds. The number of fused-ring (bicyclic) bond motifs is 1. The number of likely N-dealkylation sites (tertiary alicyclic amines) is 1. The molecule has 3 heterocycles. The van der Waals surface area contributed by atoms with Crippen molar-refractivity contribution >= 4 is 35.0 Å². The van der Waals surface area contributed by atoms with Crippen molar-refractivity contribution in [2.45, 2.75) is 69.4 Å². The highest BCUT2D eigenvalue weighted by molar-refractivity contribution is 6.30. The van der Waals surface area contributed by atoms with Gasteiger partial charge in [0.2, 0.25) is 17.7 Å². The van der Waals surface area contributed by atoms with Gasteiger partial charge in [-0.2, -0.15) is 0 Å². The summed E-state index contributed by atoms with van der Waals surface area (Å²) in [5, 5.41) is 6.71. The molecule has 2 bridgehead atoms. The topological polar surface area (TPSA) is 97.0 Å². The second-order valence-electron chi connectivity index (χ2n) is 11.0. The Balaban J connectivity index is 1.33. The van der Waals surface area contributed by atoms with Crippen LogP contribution in [0.3, 0.4) is 0 Å². The van der Waals surface area contributed by atoms with E-state index in [2.05, 4.69) is 10.6 Å². The number of anilines is 1. The molecule has 0 aromatic heterocycles. The summed E-state index contributed by atoms with van der Waals surface area (Å²) in [6.07, 6.45) is 8.21. The minimum absolute atomic E-state index is 0.0657. The van der Waals surface area contributed by atoms with Crippen LogP contribution in [0.2, 0.25) is 5.02 Å². The zero-order valence-corrected chi connectivity index (χ0v) is 23.2. The van der Waals surface area contributed by atoms with Crippen LogP contribution in [-0.4, -0.2) is 53.0 Å². The number of halogens is 1. The molecule has 2 N–H and O–H groups in total. The van der Waals surface area contributed by atoms with E-state index < -0.39 is 29.6 Å². The van der Waals surface area contributed by atoms with Crippen LogP contribution in [0.15, 0.2) is 60.7 Å². The van der Waals surface area contributed by atoms with E-state index in [-0.39, 0.29) is 30.3 Å². The van der Waals surface area contributed by atoms with Crippen molar-refractivity contribution < 1.29 is 23.9 Å². The van der Waals surface area contributed by atoms with E-state index in [0.29, 0.717) is 23.1 Å². The lowest BCUT2D eigenvalue weighted by Crippen LogP contribution is -2.56. The van der Waals surface area contributed by atoms with E-state index in [1.807, 2.05) is 43.3 Å². The quantitative estimate of drug-likeness (QED) is 0.462. The van der Waals surface area contributed by atoms with Crippen LogP contribution in [0.25, 0.3) is 0 Å². The monoisotopic (exact) mass is 563 g/mol. The highest BCUT2D eigenvalue weighted by Gasteiger charge is 2.72. The highest BCUT2D eigenvalue weighted by Crippen LogP contribution is 2.55. The fourth-order valence-corrected chi connectivity index (χ4v) is 6.96. The van der Waals surface area contributed by atoms with Gasteiger partial charge in [-0.3, -0.25) is 14.4 Å². The lowest BCUT2D eigenvalue weighted by atomic mass is 9.74. The minimum Gasteiger partial charge on any atom is -0.494 e. The number of nitrogens with zero attached hydrogens (tertiary/aromatic N) is 1. The van der Waals surface area contributed by atoms with Crippen molar-refractivity contribution in [2.24, 2.45) is 11.8 Å². The summed E-state index contributed by atoms with van der Waals surface area (Å²) in [5.41, 5.74) is 0.156. The molecule has 9 heteroatoms. The maximum absolute atomic E-state index is 14.3. The Hall–Kier alpha value is -3.36. The average Bonchev–Trinajstić information content (AvgIpc) is 3.59. The SMILES string of the molecule is CCOc1ccccc1CN1C(=O)[C@@H]2[C@@H](C(=O)Nc3ccc(Cl)cc3)[C@@H]3C=C[C@@]2(O3)[C@@H]1C(=O)NC1CCCCC1. The molecule has 3 fully saturated rings. The number of ether oxygens (including phenoxy) is 2. The van der Waals surface area contributed by atoms with Crippen molar-refractivity contribution in [3.8, 4) is 5.75 Å². The molecular weight excluding hydrogens is 530 g/mol. The van der Waals surface area contributed by atoms with E-state index in [1.165, 1.54) is 6.42 Å². The van der Waals surface area contributed by atoms with Gasteiger partial charge in [0, 0.05) is 22.3 Å². The van der Waals surface area contributed by atoms with E-state index in [1.54, 1.807) is 29.2 Å². The minimum atomic E-state index is -1.22. The third kappa shape index (κ3) is 4.67. The molecule has 4 aliphatic rings. The van der Waals surface area contributed by atoms with Crippen molar-refractivity contribution in [3.05, 3.63) is 71.3 Å². The van der Waals surface area contributed by atoms with Gasteiger partial charge >= 0.3 is 0 Å². The van der Waals surface area contributed by atoms with Gasteiger partial charge in [-0.1, -0.05) is 61.2 Å². The first kappa shape index (κ1) is 26.8. The molecule has 0 radical (unpaired) electrons. The van der Waals surface area contributed by atoms with Crippen molar-refractivity contribution in [3.63, 3.8) is 0 Å². The molecule has 40 heavy (non-hydrogen) atoms. The van der Waals surface area contributed by atoms with E-state index in [0.717, 1.165) is 31.2 Å². The maximum Gasteiger partial charge on any atom is 0.246 e. The fourth-order valence-electron chi connectivity index (χ4n) is 6.84. The lowest BCUT2D eigenvalue weighted by molar-refractivity contribution is -0.142. The Morgan fingerprint density at radius 2 is 1.82 bits per heavy atom. The lowest BCUT2D eigenvalue weighted by Gasteiger charge is -2.34. The maximum atomic E-state index is 14.3. The van der Waals surface area contributed by atoms with E-state index in [4.69, 9.17) is 21.1 Å². The van der Waals surface area contributed by atoms with Gasteiger partial charge in [0.15, 0.2) is 0 Å². The summed E-state index contributed by atoms with van der Waals surface area (Å²) in [4.78, 5) is 43.5. The van der Waals surface area contributed by atoms with E-state index >= 15 is 0 Å². The third-order valence-electron chi connectivity index (χ3n) is 8.60. The number of hydrogen-bond donors (Lipinski definition) is 2. The molecule has 1 saturated carbocycles. The Labute approximate surface area is 239 Å². The first-order chi connectivity index (χ1) is 19.4. The fraction of sp³-hybridized carbons (Fsp3) is 0.452. The highest BCUT2D eigenvalue weighted by atomic mass is 35.5. The molecule has 8 nitrogen and oxygen atoms in total. The number of benzene rings is 2. The molecule has 5 atom stereocenters. The molecule has 6 rings (SSSR count). The number of nitrogens with one attached hydrogen (secondary N) is 2. The van der Waals surface area contributed by atoms with Crippen molar-refractivity contribution in [1.82, 2.24) is 10.2 Å². The Morgan fingerprint density at radius 1 is 1.07 bits per heavy atom. The smallest absolute Gasteiger partial charge is 0.246 e. The second kappa shape index (κ2) is 10.9. The molecular formula is C31H34ClN3O5. The molecule has 1 spiro atoms. The second-order valence-corrected chi connectivity index (χ2v) is 11.5. The third-order valence-corrected chi connectivity index (χ3v) is 8.85. The van der Waals surface area contributed by atoms with Gasteiger partial charge < -0.3 is 25.0 Å². The molecule has 2 saturated heterocycles. The van der Waals surface area contributed by atoms with Crippen LogP contribution in [0, 0.1) is 11.8 Å². The molecule has 2 aromatic rings. The van der Waals surface area contributed by atoms with E-state index in [9.17, 15) is 14.4 Å². The summed E-state index contributed by atoms with van der Waals surface area (Å²) < 4.78 is 12.3. The Kier molecular flexibility index (Phi) is 7.31. The molecule has 0 unspecified atom stereocenters. The zero-order valence-electron chi connectivity index (χ0n) is 22.5. The Morgan fingerprint density at radius 3 is 2.58 bits per heavy atom. The van der Waals surface area contributed by atoms with Crippen molar-refractivity contribution in [2.75, 3.05) is 11.9 Å². The van der Waals surface area contributed by atoms with Crippen LogP contribution < -0.4 is 15.4 Å².